The normalized spacial score (nSPS) is 8.50. The van der Waals surface area contributed by atoms with E-state index in [9.17, 15) is 4.79 Å². The predicted octanol–water partition coefficient (Wildman–Crippen LogP) is 2.68. The number of hydrogen-bond acceptors (Lipinski definition) is 1. The van der Waals surface area contributed by atoms with Crippen LogP contribution in [0.2, 0.25) is 0 Å². The highest BCUT2D eigenvalue weighted by Gasteiger charge is 1.93. The lowest BCUT2D eigenvalue weighted by Gasteiger charge is -1.92. The van der Waals surface area contributed by atoms with Crippen LogP contribution in [-0.4, -0.2) is 11.1 Å². The van der Waals surface area contributed by atoms with Crippen LogP contribution in [0.3, 0.4) is 0 Å². The summed E-state index contributed by atoms with van der Waals surface area (Å²) in [6, 6.07) is 0. The van der Waals surface area contributed by atoms with Crippen LogP contribution in [-0.2, 0) is 4.79 Å². The molecule has 0 atom stereocenters. The third-order valence-electron chi connectivity index (χ3n) is 1.24. The fourth-order valence-corrected chi connectivity index (χ4v) is 0.703. The Labute approximate surface area is 63.3 Å². The lowest BCUT2D eigenvalue weighted by molar-refractivity contribution is -0.137. The van der Waals surface area contributed by atoms with Crippen molar-refractivity contribution in [3.05, 3.63) is 0 Å². The average molecular weight is 146 g/mol. The standard InChI is InChI=1S/C7H14O2.CH4/c1-2-3-4-5-6-7(8)9;/h2-6H2,1H3,(H,8,9);1H4. The van der Waals surface area contributed by atoms with Gasteiger partial charge in [0.05, 0.1) is 0 Å². The maximum absolute atomic E-state index is 9.96. The van der Waals surface area contributed by atoms with Gasteiger partial charge in [-0.25, -0.2) is 0 Å². The zero-order chi connectivity index (χ0) is 7.11. The summed E-state index contributed by atoms with van der Waals surface area (Å²) in [5, 5.41) is 8.21. The van der Waals surface area contributed by atoms with Crippen molar-refractivity contribution in [2.75, 3.05) is 0 Å². The molecule has 2 nitrogen and oxygen atoms in total. The summed E-state index contributed by atoms with van der Waals surface area (Å²) in [5.41, 5.74) is 0. The van der Waals surface area contributed by atoms with Gasteiger partial charge < -0.3 is 5.11 Å². The summed E-state index contributed by atoms with van der Waals surface area (Å²) in [7, 11) is 0. The van der Waals surface area contributed by atoms with Crippen molar-refractivity contribution >= 4 is 5.97 Å². The van der Waals surface area contributed by atoms with Gasteiger partial charge in [0.2, 0.25) is 0 Å². The molecule has 0 unspecified atom stereocenters. The second kappa shape index (κ2) is 8.47. The second-order valence-electron chi connectivity index (χ2n) is 2.20. The van der Waals surface area contributed by atoms with Crippen LogP contribution in [0.4, 0.5) is 0 Å². The van der Waals surface area contributed by atoms with E-state index in [0.29, 0.717) is 6.42 Å². The van der Waals surface area contributed by atoms with Crippen LogP contribution in [0.5, 0.6) is 0 Å². The van der Waals surface area contributed by atoms with Crippen molar-refractivity contribution in [3.8, 4) is 0 Å². The molecule has 0 rings (SSSR count). The van der Waals surface area contributed by atoms with E-state index in [4.69, 9.17) is 5.11 Å². The van der Waals surface area contributed by atoms with Crippen molar-refractivity contribution in [3.63, 3.8) is 0 Å². The number of carboxylic acid groups (broad SMARTS) is 1. The van der Waals surface area contributed by atoms with Gasteiger partial charge in [-0.15, -0.1) is 0 Å². The third-order valence-corrected chi connectivity index (χ3v) is 1.24. The van der Waals surface area contributed by atoms with E-state index in [2.05, 4.69) is 6.92 Å². The number of rotatable bonds is 5. The maximum Gasteiger partial charge on any atom is 0.303 e. The van der Waals surface area contributed by atoms with E-state index in [1.165, 1.54) is 6.42 Å². The molecule has 0 radical (unpaired) electrons. The Balaban J connectivity index is 0. The molecular formula is C8H18O2. The predicted molar refractivity (Wildman–Crippen MR) is 43.1 cm³/mol. The first-order valence-corrected chi connectivity index (χ1v) is 3.49. The summed E-state index contributed by atoms with van der Waals surface area (Å²) in [4.78, 5) is 9.96. The summed E-state index contributed by atoms with van der Waals surface area (Å²) in [6.07, 6.45) is 4.55. The molecular weight excluding hydrogens is 128 g/mol. The number of unbranched alkanes of at least 4 members (excludes halogenated alkanes) is 3. The largest absolute Gasteiger partial charge is 0.481 e. The Hall–Kier alpha value is -0.530. The van der Waals surface area contributed by atoms with E-state index in [1.807, 2.05) is 0 Å². The molecule has 0 aromatic carbocycles. The van der Waals surface area contributed by atoms with Crippen molar-refractivity contribution < 1.29 is 9.90 Å². The Bertz CT molecular complexity index is 79.3. The molecule has 0 aromatic heterocycles. The summed E-state index contributed by atoms with van der Waals surface area (Å²) in [5.74, 6) is -0.675. The molecule has 0 aliphatic heterocycles. The van der Waals surface area contributed by atoms with Gasteiger partial charge >= 0.3 is 5.97 Å². The fourth-order valence-electron chi connectivity index (χ4n) is 0.703. The van der Waals surface area contributed by atoms with Crippen LogP contribution in [0.1, 0.15) is 46.5 Å². The van der Waals surface area contributed by atoms with E-state index in [0.717, 1.165) is 19.3 Å². The third kappa shape index (κ3) is 10.5. The Kier molecular flexibility index (Phi) is 10.3. The highest BCUT2D eigenvalue weighted by Crippen LogP contribution is 2.01. The first-order chi connectivity index (χ1) is 4.27. The zero-order valence-electron chi connectivity index (χ0n) is 5.89. The van der Waals surface area contributed by atoms with Crippen LogP contribution in [0, 0.1) is 0 Å². The Morgan fingerprint density at radius 1 is 1.30 bits per heavy atom. The Morgan fingerprint density at radius 3 is 2.30 bits per heavy atom. The van der Waals surface area contributed by atoms with Gasteiger partial charge in [-0.05, 0) is 6.42 Å². The summed E-state index contributed by atoms with van der Waals surface area (Å²) >= 11 is 0. The van der Waals surface area contributed by atoms with Crippen LogP contribution in [0.15, 0.2) is 0 Å². The SMILES string of the molecule is C.CCCCCCC(=O)O. The molecule has 10 heavy (non-hydrogen) atoms. The molecule has 0 aromatic rings. The molecule has 0 fully saturated rings. The summed E-state index contributed by atoms with van der Waals surface area (Å²) in [6.45, 7) is 2.11. The van der Waals surface area contributed by atoms with E-state index in [1.54, 1.807) is 0 Å². The molecule has 62 valence electrons. The molecule has 0 aliphatic rings. The van der Waals surface area contributed by atoms with Gasteiger partial charge in [0, 0.05) is 6.42 Å². The van der Waals surface area contributed by atoms with Crippen molar-refractivity contribution in [2.45, 2.75) is 46.5 Å². The van der Waals surface area contributed by atoms with E-state index >= 15 is 0 Å². The minimum atomic E-state index is -0.675. The number of hydrogen-bond donors (Lipinski definition) is 1. The average Bonchev–Trinajstić information content (AvgIpc) is 1.80. The minimum absolute atomic E-state index is 0. The fraction of sp³-hybridized carbons (Fsp3) is 0.875. The summed E-state index contributed by atoms with van der Waals surface area (Å²) < 4.78 is 0. The Morgan fingerprint density at radius 2 is 1.90 bits per heavy atom. The van der Waals surface area contributed by atoms with Gasteiger partial charge in [-0.3, -0.25) is 4.79 Å². The van der Waals surface area contributed by atoms with Crippen LogP contribution < -0.4 is 0 Å². The highest BCUT2D eigenvalue weighted by molar-refractivity contribution is 5.66. The minimum Gasteiger partial charge on any atom is -0.481 e. The molecule has 0 bridgehead atoms. The highest BCUT2D eigenvalue weighted by atomic mass is 16.4. The quantitative estimate of drug-likeness (QED) is 0.605. The monoisotopic (exact) mass is 146 g/mol. The molecule has 0 aliphatic carbocycles. The van der Waals surface area contributed by atoms with Crippen LogP contribution in [0.25, 0.3) is 0 Å². The number of carbonyl (C=O) groups is 1. The topological polar surface area (TPSA) is 37.3 Å². The molecule has 2 heteroatoms. The smallest absolute Gasteiger partial charge is 0.303 e. The van der Waals surface area contributed by atoms with E-state index in [-0.39, 0.29) is 7.43 Å². The molecule has 1 N–H and O–H groups in total. The first-order valence-electron chi connectivity index (χ1n) is 3.49. The second-order valence-corrected chi connectivity index (χ2v) is 2.20. The lowest BCUT2D eigenvalue weighted by atomic mass is 10.2. The molecule has 0 spiro atoms. The molecule has 0 saturated heterocycles. The van der Waals surface area contributed by atoms with Gasteiger partial charge in [-0.2, -0.15) is 0 Å². The molecule has 0 saturated carbocycles. The van der Waals surface area contributed by atoms with Gasteiger partial charge in [-0.1, -0.05) is 33.6 Å². The van der Waals surface area contributed by atoms with Crippen LogP contribution >= 0.6 is 0 Å². The number of carboxylic acids is 1. The lowest BCUT2D eigenvalue weighted by Crippen LogP contribution is -1.92. The van der Waals surface area contributed by atoms with Crippen molar-refractivity contribution in [1.82, 2.24) is 0 Å². The molecule has 0 heterocycles. The van der Waals surface area contributed by atoms with Gasteiger partial charge in [0.1, 0.15) is 0 Å². The van der Waals surface area contributed by atoms with E-state index < -0.39 is 5.97 Å². The zero-order valence-corrected chi connectivity index (χ0v) is 5.89. The number of aliphatic carboxylic acids is 1. The van der Waals surface area contributed by atoms with Crippen molar-refractivity contribution in [2.24, 2.45) is 0 Å². The first kappa shape index (κ1) is 12.2. The van der Waals surface area contributed by atoms with Gasteiger partial charge in [0.25, 0.3) is 0 Å². The van der Waals surface area contributed by atoms with Crippen molar-refractivity contribution in [1.29, 1.82) is 0 Å². The maximum atomic E-state index is 9.96. The molecule has 0 amide bonds. The van der Waals surface area contributed by atoms with Gasteiger partial charge in [0.15, 0.2) is 0 Å².